The number of amidine groups is 1. The van der Waals surface area contributed by atoms with E-state index in [0.717, 1.165) is 0 Å². The predicted octanol–water partition coefficient (Wildman–Crippen LogP) is 0.151. The highest BCUT2D eigenvalue weighted by molar-refractivity contribution is 6.08. The fourth-order valence-corrected chi connectivity index (χ4v) is 1.30. The molecule has 8 nitrogen and oxygen atoms in total. The second kappa shape index (κ2) is 4.95. The zero-order valence-corrected chi connectivity index (χ0v) is 9.16. The number of carbonyl (C=O) groups excluding carboxylic acids is 1. The van der Waals surface area contributed by atoms with E-state index < -0.39 is 5.91 Å². The highest BCUT2D eigenvalue weighted by Crippen LogP contribution is 2.11. The fraction of sp³-hybridized carbons (Fsp3) is 0. The monoisotopic (exact) mass is 246 g/mol. The van der Waals surface area contributed by atoms with Gasteiger partial charge in [0.25, 0.3) is 5.91 Å². The molecule has 0 spiro atoms. The second-order valence-electron chi connectivity index (χ2n) is 3.31. The Labute approximate surface area is 102 Å². The Bertz CT molecular complexity index is 577. The average Bonchev–Trinajstić information content (AvgIpc) is 2.87. The van der Waals surface area contributed by atoms with Gasteiger partial charge in [-0.2, -0.15) is 5.10 Å². The number of nitrogens with zero attached hydrogens (tertiary/aromatic N) is 3. The molecule has 92 valence electrons. The largest absolute Gasteiger partial charge is 0.409 e. The van der Waals surface area contributed by atoms with Crippen molar-refractivity contribution in [2.24, 2.45) is 10.9 Å². The van der Waals surface area contributed by atoms with Crippen molar-refractivity contribution >= 4 is 17.6 Å². The normalized spacial score (nSPS) is 11.2. The predicted molar refractivity (Wildman–Crippen MR) is 63.3 cm³/mol. The lowest BCUT2D eigenvalue weighted by atomic mass is 10.3. The minimum atomic E-state index is -0.424. The lowest BCUT2D eigenvalue weighted by Gasteiger charge is -2.03. The SMILES string of the molecule is NC(=NO)c1cn[nH]c1NC(=O)c1ccccn1. The molecular formula is C10H10N6O2. The first-order chi connectivity index (χ1) is 8.72. The molecule has 0 radical (unpaired) electrons. The van der Waals surface area contributed by atoms with Crippen LogP contribution < -0.4 is 11.1 Å². The minimum Gasteiger partial charge on any atom is -0.409 e. The van der Waals surface area contributed by atoms with Gasteiger partial charge in [-0.05, 0) is 12.1 Å². The molecule has 5 N–H and O–H groups in total. The van der Waals surface area contributed by atoms with Crippen molar-refractivity contribution in [3.8, 4) is 0 Å². The van der Waals surface area contributed by atoms with E-state index >= 15 is 0 Å². The molecule has 8 heteroatoms. The Kier molecular flexibility index (Phi) is 3.19. The molecule has 1 amide bonds. The zero-order chi connectivity index (χ0) is 13.0. The summed E-state index contributed by atoms with van der Waals surface area (Å²) in [6.07, 6.45) is 2.84. The van der Waals surface area contributed by atoms with Gasteiger partial charge in [-0.3, -0.25) is 14.9 Å². The van der Waals surface area contributed by atoms with E-state index in [4.69, 9.17) is 10.9 Å². The van der Waals surface area contributed by atoms with Crippen molar-refractivity contribution < 1.29 is 10.0 Å². The molecule has 0 aliphatic heterocycles. The number of aromatic nitrogens is 3. The summed E-state index contributed by atoms with van der Waals surface area (Å²) < 4.78 is 0. The van der Waals surface area contributed by atoms with Gasteiger partial charge in [0.05, 0.1) is 11.8 Å². The van der Waals surface area contributed by atoms with Crippen LogP contribution in [0.5, 0.6) is 0 Å². The lowest BCUT2D eigenvalue weighted by molar-refractivity contribution is 0.102. The quantitative estimate of drug-likeness (QED) is 0.265. The lowest BCUT2D eigenvalue weighted by Crippen LogP contribution is -2.19. The summed E-state index contributed by atoms with van der Waals surface area (Å²) >= 11 is 0. The summed E-state index contributed by atoms with van der Waals surface area (Å²) in [5.41, 5.74) is 5.97. The van der Waals surface area contributed by atoms with E-state index in [-0.39, 0.29) is 17.3 Å². The Balaban J connectivity index is 2.21. The number of nitrogens with two attached hydrogens (primary N) is 1. The number of oxime groups is 1. The van der Waals surface area contributed by atoms with E-state index in [0.29, 0.717) is 5.56 Å². The molecule has 2 aromatic heterocycles. The fourth-order valence-electron chi connectivity index (χ4n) is 1.30. The van der Waals surface area contributed by atoms with Crippen LogP contribution in [0.15, 0.2) is 35.7 Å². The molecule has 0 aromatic carbocycles. The summed E-state index contributed by atoms with van der Waals surface area (Å²) in [5, 5.41) is 20.2. The number of hydrogen-bond donors (Lipinski definition) is 4. The number of anilines is 1. The Hall–Kier alpha value is -2.90. The van der Waals surface area contributed by atoms with E-state index in [2.05, 4.69) is 25.7 Å². The summed E-state index contributed by atoms with van der Waals surface area (Å²) in [6, 6.07) is 4.96. The van der Waals surface area contributed by atoms with Crippen LogP contribution in [0.1, 0.15) is 16.1 Å². The molecule has 0 bridgehead atoms. The van der Waals surface area contributed by atoms with Crippen molar-refractivity contribution in [2.45, 2.75) is 0 Å². The molecule has 0 aliphatic carbocycles. The summed E-state index contributed by atoms with van der Waals surface area (Å²) in [4.78, 5) is 15.7. The van der Waals surface area contributed by atoms with Gasteiger partial charge in [0.1, 0.15) is 11.5 Å². The minimum absolute atomic E-state index is 0.153. The first-order valence-electron chi connectivity index (χ1n) is 4.96. The van der Waals surface area contributed by atoms with Gasteiger partial charge in [-0.1, -0.05) is 11.2 Å². The summed E-state index contributed by atoms with van der Waals surface area (Å²) in [6.45, 7) is 0. The van der Waals surface area contributed by atoms with E-state index in [1.165, 1.54) is 12.4 Å². The third-order valence-electron chi connectivity index (χ3n) is 2.16. The molecule has 2 aromatic rings. The third kappa shape index (κ3) is 2.26. The standard InChI is InChI=1S/C10H10N6O2/c11-8(16-18)6-5-13-15-9(6)14-10(17)7-3-1-2-4-12-7/h1-5,18H,(H2,11,16)(H2,13,14,15,17). The van der Waals surface area contributed by atoms with Crippen LogP contribution in [-0.2, 0) is 0 Å². The number of hydrogen-bond acceptors (Lipinski definition) is 5. The number of rotatable bonds is 3. The van der Waals surface area contributed by atoms with Gasteiger partial charge < -0.3 is 16.3 Å². The van der Waals surface area contributed by atoms with Crippen LogP contribution in [0.25, 0.3) is 0 Å². The van der Waals surface area contributed by atoms with Crippen LogP contribution in [0.3, 0.4) is 0 Å². The number of carbonyl (C=O) groups is 1. The molecule has 18 heavy (non-hydrogen) atoms. The van der Waals surface area contributed by atoms with Crippen LogP contribution in [-0.4, -0.2) is 32.1 Å². The molecule has 0 saturated heterocycles. The van der Waals surface area contributed by atoms with E-state index in [9.17, 15) is 4.79 Å². The van der Waals surface area contributed by atoms with Gasteiger partial charge >= 0.3 is 0 Å². The first-order valence-corrected chi connectivity index (χ1v) is 4.96. The van der Waals surface area contributed by atoms with Gasteiger partial charge in [0.15, 0.2) is 5.84 Å². The number of pyridine rings is 1. The third-order valence-corrected chi connectivity index (χ3v) is 2.16. The van der Waals surface area contributed by atoms with Gasteiger partial charge in [-0.25, -0.2) is 0 Å². The maximum atomic E-state index is 11.8. The number of aromatic amines is 1. The van der Waals surface area contributed by atoms with Gasteiger partial charge in [0.2, 0.25) is 0 Å². The number of H-pyrrole nitrogens is 1. The zero-order valence-electron chi connectivity index (χ0n) is 9.16. The molecular weight excluding hydrogens is 236 g/mol. The van der Waals surface area contributed by atoms with Gasteiger partial charge in [0, 0.05) is 6.20 Å². The molecule has 0 saturated carbocycles. The van der Waals surface area contributed by atoms with Crippen LogP contribution in [0.2, 0.25) is 0 Å². The number of amides is 1. The van der Waals surface area contributed by atoms with Gasteiger partial charge in [-0.15, -0.1) is 0 Å². The van der Waals surface area contributed by atoms with Crippen LogP contribution >= 0.6 is 0 Å². The second-order valence-corrected chi connectivity index (χ2v) is 3.31. The molecule has 0 unspecified atom stereocenters. The molecule has 2 rings (SSSR count). The Morgan fingerprint density at radius 3 is 3.00 bits per heavy atom. The molecule has 0 atom stereocenters. The summed E-state index contributed by atoms with van der Waals surface area (Å²) in [5.74, 6) is -0.340. The Morgan fingerprint density at radius 2 is 2.33 bits per heavy atom. The van der Waals surface area contributed by atoms with Crippen molar-refractivity contribution in [3.63, 3.8) is 0 Å². The van der Waals surface area contributed by atoms with Crippen molar-refractivity contribution in [3.05, 3.63) is 41.9 Å². The molecule has 0 aliphatic rings. The van der Waals surface area contributed by atoms with Crippen LogP contribution in [0.4, 0.5) is 5.82 Å². The highest BCUT2D eigenvalue weighted by Gasteiger charge is 2.14. The topological polar surface area (TPSA) is 129 Å². The molecule has 0 fully saturated rings. The maximum Gasteiger partial charge on any atom is 0.275 e. The molecule has 2 heterocycles. The van der Waals surface area contributed by atoms with Crippen LogP contribution in [0, 0.1) is 0 Å². The average molecular weight is 246 g/mol. The maximum absolute atomic E-state index is 11.8. The van der Waals surface area contributed by atoms with Crippen molar-refractivity contribution in [1.29, 1.82) is 0 Å². The number of nitrogens with one attached hydrogen (secondary N) is 2. The summed E-state index contributed by atoms with van der Waals surface area (Å²) in [7, 11) is 0. The van der Waals surface area contributed by atoms with Crippen molar-refractivity contribution in [1.82, 2.24) is 15.2 Å². The Morgan fingerprint density at radius 1 is 1.50 bits per heavy atom. The van der Waals surface area contributed by atoms with E-state index in [1.807, 2.05) is 0 Å². The van der Waals surface area contributed by atoms with E-state index in [1.54, 1.807) is 18.2 Å². The van der Waals surface area contributed by atoms with Crippen molar-refractivity contribution in [2.75, 3.05) is 5.32 Å². The highest BCUT2D eigenvalue weighted by atomic mass is 16.4. The smallest absolute Gasteiger partial charge is 0.275 e. The first kappa shape index (κ1) is 11.6.